The number of para-hydroxylation sites is 2. The number of likely N-dealkylation sites (N-methyl/N-ethyl adjacent to an activating group) is 1. The van der Waals surface area contributed by atoms with Gasteiger partial charge in [-0.3, -0.25) is 13.9 Å². The molecule has 0 saturated heterocycles. The second-order valence-electron chi connectivity index (χ2n) is 9.33. The van der Waals surface area contributed by atoms with E-state index in [2.05, 4.69) is 5.32 Å². The summed E-state index contributed by atoms with van der Waals surface area (Å²) in [6, 6.07) is 20.0. The van der Waals surface area contributed by atoms with Crippen molar-refractivity contribution in [3.8, 4) is 5.75 Å². The van der Waals surface area contributed by atoms with Crippen molar-refractivity contribution >= 4 is 27.5 Å². The van der Waals surface area contributed by atoms with Gasteiger partial charge in [-0.2, -0.15) is 0 Å². The monoisotopic (exact) mass is 551 g/mol. The van der Waals surface area contributed by atoms with Crippen LogP contribution in [-0.4, -0.2) is 51.4 Å². The largest absolute Gasteiger partial charge is 0.495 e. The minimum atomic E-state index is -4.17. The number of benzene rings is 3. The first kappa shape index (κ1) is 29.7. The molecule has 0 unspecified atom stereocenters. The molecule has 0 aliphatic rings. The van der Waals surface area contributed by atoms with Crippen molar-refractivity contribution in [1.29, 1.82) is 0 Å². The van der Waals surface area contributed by atoms with E-state index in [-0.39, 0.29) is 23.0 Å². The average molecular weight is 552 g/mol. The molecule has 3 aromatic rings. The molecule has 0 aromatic heterocycles. The number of aryl methyl sites for hydroxylation is 2. The van der Waals surface area contributed by atoms with E-state index in [1.807, 2.05) is 52.0 Å². The zero-order valence-electron chi connectivity index (χ0n) is 23.2. The molecule has 1 atom stereocenters. The van der Waals surface area contributed by atoms with Crippen molar-refractivity contribution in [2.75, 3.05) is 24.5 Å². The summed E-state index contributed by atoms with van der Waals surface area (Å²) in [6.45, 7) is 7.52. The first-order valence-electron chi connectivity index (χ1n) is 13.0. The van der Waals surface area contributed by atoms with Crippen LogP contribution in [0.25, 0.3) is 0 Å². The van der Waals surface area contributed by atoms with Gasteiger partial charge in [0, 0.05) is 13.1 Å². The smallest absolute Gasteiger partial charge is 0.264 e. The van der Waals surface area contributed by atoms with Crippen LogP contribution in [0, 0.1) is 13.8 Å². The fourth-order valence-electron chi connectivity index (χ4n) is 4.41. The standard InChI is InChI=1S/C30H37N3O5S/c1-6-26(30(35)31-7-2)32(20-24-12-10-11-23(4)19-24)29(34)21-33(27-13-8-9-14-28(27)38-5)39(36,37)25-17-15-22(3)16-18-25/h8-19,26H,6-7,20-21H2,1-5H3,(H,31,35)/t26-/m0/s1. The minimum absolute atomic E-state index is 0.0489. The number of amides is 2. The van der Waals surface area contributed by atoms with Gasteiger partial charge in [-0.1, -0.05) is 66.6 Å². The molecular weight excluding hydrogens is 514 g/mol. The van der Waals surface area contributed by atoms with Gasteiger partial charge in [0.25, 0.3) is 10.0 Å². The van der Waals surface area contributed by atoms with E-state index in [1.165, 1.54) is 24.1 Å². The summed E-state index contributed by atoms with van der Waals surface area (Å²) in [6.07, 6.45) is 0.364. The van der Waals surface area contributed by atoms with Crippen LogP contribution in [0.3, 0.4) is 0 Å². The van der Waals surface area contributed by atoms with Gasteiger partial charge in [0.1, 0.15) is 18.3 Å². The van der Waals surface area contributed by atoms with Crippen molar-refractivity contribution in [3.05, 3.63) is 89.5 Å². The lowest BCUT2D eigenvalue weighted by molar-refractivity contribution is -0.140. The number of carbonyl (C=O) groups is 2. The number of hydrogen-bond donors (Lipinski definition) is 1. The predicted molar refractivity (Wildman–Crippen MR) is 153 cm³/mol. The number of nitrogens with one attached hydrogen (secondary N) is 1. The number of anilines is 1. The first-order valence-corrected chi connectivity index (χ1v) is 14.4. The maximum Gasteiger partial charge on any atom is 0.264 e. The molecule has 0 radical (unpaired) electrons. The molecule has 0 aliphatic carbocycles. The molecule has 9 heteroatoms. The van der Waals surface area contributed by atoms with E-state index in [0.717, 1.165) is 21.0 Å². The van der Waals surface area contributed by atoms with Crippen LogP contribution in [0.2, 0.25) is 0 Å². The molecule has 0 aliphatic heterocycles. The number of nitrogens with zero attached hydrogens (tertiary/aromatic N) is 2. The third-order valence-corrected chi connectivity index (χ3v) is 8.19. The van der Waals surface area contributed by atoms with Crippen molar-refractivity contribution in [3.63, 3.8) is 0 Å². The Kier molecular flexibility index (Phi) is 10.1. The van der Waals surface area contributed by atoms with Crippen LogP contribution in [0.5, 0.6) is 5.75 Å². The van der Waals surface area contributed by atoms with Crippen LogP contribution in [0.4, 0.5) is 5.69 Å². The van der Waals surface area contributed by atoms with E-state index in [9.17, 15) is 18.0 Å². The molecule has 0 bridgehead atoms. The lowest BCUT2D eigenvalue weighted by Gasteiger charge is -2.33. The second-order valence-corrected chi connectivity index (χ2v) is 11.2. The summed E-state index contributed by atoms with van der Waals surface area (Å²) in [7, 11) is -2.72. The second kappa shape index (κ2) is 13.3. The van der Waals surface area contributed by atoms with Crippen molar-refractivity contribution in [2.24, 2.45) is 0 Å². The molecule has 0 spiro atoms. The van der Waals surface area contributed by atoms with Gasteiger partial charge in [-0.05, 0) is 57.0 Å². The molecule has 8 nitrogen and oxygen atoms in total. The normalized spacial score (nSPS) is 11.9. The Bertz CT molecular complexity index is 1390. The highest BCUT2D eigenvalue weighted by Gasteiger charge is 2.34. The molecule has 0 heterocycles. The van der Waals surface area contributed by atoms with Gasteiger partial charge in [-0.15, -0.1) is 0 Å². The molecule has 3 aromatic carbocycles. The van der Waals surface area contributed by atoms with E-state index in [4.69, 9.17) is 4.74 Å². The van der Waals surface area contributed by atoms with Crippen LogP contribution in [0.1, 0.15) is 37.0 Å². The minimum Gasteiger partial charge on any atom is -0.495 e. The van der Waals surface area contributed by atoms with E-state index < -0.39 is 28.5 Å². The summed E-state index contributed by atoms with van der Waals surface area (Å²) >= 11 is 0. The topological polar surface area (TPSA) is 96.0 Å². The van der Waals surface area contributed by atoms with Gasteiger partial charge >= 0.3 is 0 Å². The molecule has 208 valence electrons. The lowest BCUT2D eigenvalue weighted by Crippen LogP contribution is -2.52. The summed E-state index contributed by atoms with van der Waals surface area (Å²) in [5.74, 6) is -0.482. The fourth-order valence-corrected chi connectivity index (χ4v) is 5.83. The van der Waals surface area contributed by atoms with Crippen molar-refractivity contribution in [2.45, 2.75) is 51.6 Å². The predicted octanol–water partition coefficient (Wildman–Crippen LogP) is 4.45. The van der Waals surface area contributed by atoms with E-state index in [0.29, 0.717) is 18.7 Å². The lowest BCUT2D eigenvalue weighted by atomic mass is 10.1. The van der Waals surface area contributed by atoms with Crippen LogP contribution in [-0.2, 0) is 26.2 Å². The number of carbonyl (C=O) groups excluding carboxylic acids is 2. The Labute approximate surface area is 231 Å². The van der Waals surface area contributed by atoms with Gasteiger partial charge in [0.2, 0.25) is 11.8 Å². The zero-order chi connectivity index (χ0) is 28.6. The highest BCUT2D eigenvalue weighted by atomic mass is 32.2. The summed E-state index contributed by atoms with van der Waals surface area (Å²) < 4.78 is 34.5. The van der Waals surface area contributed by atoms with Crippen LogP contribution in [0.15, 0.2) is 77.7 Å². The summed E-state index contributed by atoms with van der Waals surface area (Å²) in [5, 5.41) is 2.81. The SMILES string of the molecule is CCNC(=O)[C@H](CC)N(Cc1cccc(C)c1)C(=O)CN(c1ccccc1OC)S(=O)(=O)c1ccc(C)cc1. The Morgan fingerprint density at radius 3 is 2.23 bits per heavy atom. The Balaban J connectivity index is 2.10. The van der Waals surface area contributed by atoms with Gasteiger partial charge in [-0.25, -0.2) is 8.42 Å². The summed E-state index contributed by atoms with van der Waals surface area (Å²) in [4.78, 5) is 28.6. The Morgan fingerprint density at radius 1 is 0.923 bits per heavy atom. The van der Waals surface area contributed by atoms with Crippen molar-refractivity contribution in [1.82, 2.24) is 10.2 Å². The summed E-state index contributed by atoms with van der Waals surface area (Å²) in [5.41, 5.74) is 3.00. The molecule has 39 heavy (non-hydrogen) atoms. The van der Waals surface area contributed by atoms with Gasteiger partial charge in [0.15, 0.2) is 0 Å². The van der Waals surface area contributed by atoms with Crippen molar-refractivity contribution < 1.29 is 22.7 Å². The number of methoxy groups -OCH3 is 1. The molecule has 0 fully saturated rings. The highest BCUT2D eigenvalue weighted by Crippen LogP contribution is 2.32. The molecule has 2 amide bonds. The molecule has 3 rings (SSSR count). The maximum absolute atomic E-state index is 14.1. The highest BCUT2D eigenvalue weighted by molar-refractivity contribution is 7.92. The average Bonchev–Trinajstić information content (AvgIpc) is 2.91. The van der Waals surface area contributed by atoms with E-state index in [1.54, 1.807) is 36.4 Å². The molecular formula is C30H37N3O5S. The quantitative estimate of drug-likeness (QED) is 0.359. The number of rotatable bonds is 12. The zero-order valence-corrected chi connectivity index (χ0v) is 24.0. The van der Waals surface area contributed by atoms with E-state index >= 15 is 0 Å². The molecule has 0 saturated carbocycles. The van der Waals surface area contributed by atoms with Gasteiger partial charge in [0.05, 0.1) is 17.7 Å². The number of ether oxygens (including phenoxy) is 1. The molecule has 1 N–H and O–H groups in total. The van der Waals surface area contributed by atoms with Crippen LogP contribution >= 0.6 is 0 Å². The van der Waals surface area contributed by atoms with Gasteiger partial charge < -0.3 is 15.0 Å². The Hall–Kier alpha value is -3.85. The third kappa shape index (κ3) is 7.17. The van der Waals surface area contributed by atoms with Crippen LogP contribution < -0.4 is 14.4 Å². The number of hydrogen-bond acceptors (Lipinski definition) is 5. The Morgan fingerprint density at radius 2 is 1.62 bits per heavy atom. The number of sulfonamides is 1. The fraction of sp³-hybridized carbons (Fsp3) is 0.333. The first-order chi connectivity index (χ1) is 18.6. The third-order valence-electron chi connectivity index (χ3n) is 6.41. The maximum atomic E-state index is 14.1.